The van der Waals surface area contributed by atoms with Gasteiger partial charge in [-0.1, -0.05) is 56.0 Å². The van der Waals surface area contributed by atoms with Crippen LogP contribution in [-0.2, 0) is 16.1 Å². The van der Waals surface area contributed by atoms with Gasteiger partial charge in [0.1, 0.15) is 0 Å². The van der Waals surface area contributed by atoms with Crippen molar-refractivity contribution in [1.29, 1.82) is 0 Å². The second kappa shape index (κ2) is 10.6. The van der Waals surface area contributed by atoms with E-state index in [4.69, 9.17) is 0 Å². The van der Waals surface area contributed by atoms with Gasteiger partial charge in [0.25, 0.3) is 0 Å². The van der Waals surface area contributed by atoms with Crippen LogP contribution in [0.1, 0.15) is 57.4 Å². The minimum Gasteiger partial charge on any atom is -0.340 e. The number of carbonyl (C=O) groups is 2. The molecule has 1 aromatic rings. The van der Waals surface area contributed by atoms with Crippen molar-refractivity contribution in [3.63, 3.8) is 0 Å². The molecule has 1 aromatic carbocycles. The van der Waals surface area contributed by atoms with E-state index in [-0.39, 0.29) is 11.8 Å². The van der Waals surface area contributed by atoms with Gasteiger partial charge in [-0.3, -0.25) is 14.5 Å². The molecule has 3 rings (SSSR count). The van der Waals surface area contributed by atoms with Crippen LogP contribution in [0.2, 0.25) is 0 Å². The molecule has 0 radical (unpaired) electrons. The summed E-state index contributed by atoms with van der Waals surface area (Å²) in [5.74, 6) is 0.312. The first-order chi connectivity index (χ1) is 13.6. The van der Waals surface area contributed by atoms with Crippen molar-refractivity contribution in [2.24, 2.45) is 0 Å². The fraction of sp³-hybridized carbons (Fsp3) is 0.652. The third-order valence-corrected chi connectivity index (χ3v) is 6.21. The van der Waals surface area contributed by atoms with Gasteiger partial charge in [0.15, 0.2) is 0 Å². The fourth-order valence-electron chi connectivity index (χ4n) is 4.54. The van der Waals surface area contributed by atoms with E-state index in [1.54, 1.807) is 6.92 Å². The second-order valence-electron chi connectivity index (χ2n) is 8.25. The first-order valence-corrected chi connectivity index (χ1v) is 10.9. The topological polar surface area (TPSA) is 43.9 Å². The zero-order chi connectivity index (χ0) is 19.8. The zero-order valence-corrected chi connectivity index (χ0v) is 17.3. The van der Waals surface area contributed by atoms with E-state index in [9.17, 15) is 9.59 Å². The molecule has 0 aromatic heterocycles. The molecule has 0 spiro atoms. The largest absolute Gasteiger partial charge is 0.340 e. The first kappa shape index (κ1) is 20.8. The molecule has 2 aliphatic rings. The Morgan fingerprint density at radius 2 is 1.61 bits per heavy atom. The van der Waals surface area contributed by atoms with Crippen molar-refractivity contribution >= 4 is 11.8 Å². The molecular formula is C23H35N3O2. The van der Waals surface area contributed by atoms with E-state index in [0.29, 0.717) is 19.0 Å². The Hall–Kier alpha value is -1.88. The van der Waals surface area contributed by atoms with Crippen LogP contribution in [0, 0.1) is 0 Å². The van der Waals surface area contributed by atoms with Crippen LogP contribution in [0.3, 0.4) is 0 Å². The lowest BCUT2D eigenvalue weighted by atomic mass is 10.1. The van der Waals surface area contributed by atoms with Gasteiger partial charge in [0.2, 0.25) is 11.8 Å². The summed E-state index contributed by atoms with van der Waals surface area (Å²) in [6.45, 7) is 6.58. The van der Waals surface area contributed by atoms with Crippen LogP contribution < -0.4 is 0 Å². The number of nitrogens with zero attached hydrogens (tertiary/aromatic N) is 3. The molecule has 0 N–H and O–H groups in total. The zero-order valence-electron chi connectivity index (χ0n) is 17.3. The molecular weight excluding hydrogens is 350 g/mol. The van der Waals surface area contributed by atoms with Gasteiger partial charge in [-0.2, -0.15) is 0 Å². The van der Waals surface area contributed by atoms with Gasteiger partial charge in [0, 0.05) is 58.7 Å². The summed E-state index contributed by atoms with van der Waals surface area (Å²) in [6, 6.07) is 10.8. The highest BCUT2D eigenvalue weighted by Gasteiger charge is 2.25. The van der Waals surface area contributed by atoms with E-state index in [1.165, 1.54) is 31.2 Å². The predicted octanol–water partition coefficient (Wildman–Crippen LogP) is 3.29. The van der Waals surface area contributed by atoms with Crippen molar-refractivity contribution in [2.75, 3.05) is 32.7 Å². The minimum absolute atomic E-state index is 0.118. The third-order valence-electron chi connectivity index (χ3n) is 6.21. The van der Waals surface area contributed by atoms with Crippen molar-refractivity contribution < 1.29 is 9.59 Å². The maximum atomic E-state index is 12.7. The Bertz CT molecular complexity index is 618. The number of hydrogen-bond acceptors (Lipinski definition) is 3. The Kier molecular flexibility index (Phi) is 7.90. The molecule has 5 heteroatoms. The number of carbonyl (C=O) groups excluding carboxylic acids is 2. The number of rotatable bonds is 6. The quantitative estimate of drug-likeness (QED) is 0.706. The lowest BCUT2D eigenvalue weighted by Gasteiger charge is -2.36. The molecule has 0 bridgehead atoms. The lowest BCUT2D eigenvalue weighted by molar-refractivity contribution is -0.136. The molecule has 1 aliphatic carbocycles. The summed E-state index contributed by atoms with van der Waals surface area (Å²) >= 11 is 0. The molecule has 2 fully saturated rings. The van der Waals surface area contributed by atoms with Crippen LogP contribution in [0.15, 0.2) is 30.3 Å². The summed E-state index contributed by atoms with van der Waals surface area (Å²) in [6.07, 6.45) is 7.58. The molecule has 0 atom stereocenters. The van der Waals surface area contributed by atoms with Gasteiger partial charge in [-0.05, 0) is 18.4 Å². The van der Waals surface area contributed by atoms with E-state index in [2.05, 4.69) is 29.2 Å². The number of benzene rings is 1. The maximum Gasteiger partial charge on any atom is 0.224 e. The molecule has 1 saturated heterocycles. The van der Waals surface area contributed by atoms with Crippen LogP contribution in [0.25, 0.3) is 0 Å². The molecule has 1 heterocycles. The van der Waals surface area contributed by atoms with E-state index in [0.717, 1.165) is 45.6 Å². The van der Waals surface area contributed by atoms with Crippen LogP contribution >= 0.6 is 0 Å². The van der Waals surface area contributed by atoms with Crippen molar-refractivity contribution in [3.8, 4) is 0 Å². The molecule has 1 saturated carbocycles. The molecule has 5 nitrogen and oxygen atoms in total. The van der Waals surface area contributed by atoms with Gasteiger partial charge < -0.3 is 9.80 Å². The molecule has 2 amide bonds. The summed E-state index contributed by atoms with van der Waals surface area (Å²) in [7, 11) is 0. The van der Waals surface area contributed by atoms with E-state index < -0.39 is 0 Å². The highest BCUT2D eigenvalue weighted by Crippen LogP contribution is 2.22. The van der Waals surface area contributed by atoms with E-state index in [1.807, 2.05) is 15.9 Å². The van der Waals surface area contributed by atoms with Crippen molar-refractivity contribution in [2.45, 2.75) is 64.5 Å². The van der Waals surface area contributed by atoms with Gasteiger partial charge >= 0.3 is 0 Å². The highest BCUT2D eigenvalue weighted by molar-refractivity contribution is 5.78. The highest BCUT2D eigenvalue weighted by atomic mass is 16.2. The Morgan fingerprint density at radius 1 is 0.964 bits per heavy atom. The SMILES string of the molecule is CC(=O)N(CCC(=O)N1CCN(Cc2ccccc2)CC1)C1CCCCCC1. The number of amides is 2. The van der Waals surface area contributed by atoms with Gasteiger partial charge in [-0.15, -0.1) is 0 Å². The number of piperazine rings is 1. The fourth-order valence-corrected chi connectivity index (χ4v) is 4.54. The molecule has 0 unspecified atom stereocenters. The molecule has 28 heavy (non-hydrogen) atoms. The van der Waals surface area contributed by atoms with Crippen molar-refractivity contribution in [3.05, 3.63) is 35.9 Å². The van der Waals surface area contributed by atoms with E-state index >= 15 is 0 Å². The lowest BCUT2D eigenvalue weighted by Crippen LogP contribution is -2.49. The standard InChI is InChI=1S/C23H35N3O2/c1-20(27)26(22-11-7-2-3-8-12-22)14-13-23(28)25-17-15-24(16-18-25)19-21-9-5-4-6-10-21/h4-6,9-10,22H,2-3,7-8,11-19H2,1H3. The Morgan fingerprint density at radius 3 is 2.21 bits per heavy atom. The van der Waals surface area contributed by atoms with Gasteiger partial charge in [0.05, 0.1) is 0 Å². The average molecular weight is 386 g/mol. The smallest absolute Gasteiger partial charge is 0.224 e. The summed E-state index contributed by atoms with van der Waals surface area (Å²) in [5, 5.41) is 0. The predicted molar refractivity (Wildman–Crippen MR) is 112 cm³/mol. The van der Waals surface area contributed by atoms with Crippen LogP contribution in [0.4, 0.5) is 0 Å². The molecule has 154 valence electrons. The third kappa shape index (κ3) is 6.06. The second-order valence-corrected chi connectivity index (χ2v) is 8.25. The van der Waals surface area contributed by atoms with Crippen molar-refractivity contribution in [1.82, 2.24) is 14.7 Å². The number of hydrogen-bond donors (Lipinski definition) is 0. The van der Waals surface area contributed by atoms with Gasteiger partial charge in [-0.25, -0.2) is 0 Å². The average Bonchev–Trinajstić information content (AvgIpc) is 2.98. The molecule has 1 aliphatic heterocycles. The first-order valence-electron chi connectivity index (χ1n) is 10.9. The summed E-state index contributed by atoms with van der Waals surface area (Å²) in [4.78, 5) is 31.2. The normalized spacial score (nSPS) is 19.2. The minimum atomic E-state index is 0.118. The monoisotopic (exact) mass is 385 g/mol. The van der Waals surface area contributed by atoms with Crippen LogP contribution in [0.5, 0.6) is 0 Å². The summed E-state index contributed by atoms with van der Waals surface area (Å²) in [5.41, 5.74) is 1.32. The Labute approximate surface area is 169 Å². The maximum absolute atomic E-state index is 12.7. The van der Waals surface area contributed by atoms with Crippen LogP contribution in [-0.4, -0.2) is 65.3 Å². The Balaban J connectivity index is 1.43. The summed E-state index contributed by atoms with van der Waals surface area (Å²) < 4.78 is 0.